The van der Waals surface area contributed by atoms with Crippen LogP contribution in [-0.4, -0.2) is 20.8 Å². The smallest absolute Gasteiger partial charge is 0.161 e. The standard InChI is InChI=1S/C16H19NO2S/c1-18-15-8-11-5-6-17-14(9-12-4-3-7-20-12)13(11)10-16(15)19-2/h3-4,7-8,10,14,17H,5-6,9H2,1-2H3. The largest absolute Gasteiger partial charge is 0.493 e. The van der Waals surface area contributed by atoms with Crippen LogP contribution in [0.25, 0.3) is 0 Å². The van der Waals surface area contributed by atoms with Gasteiger partial charge < -0.3 is 14.8 Å². The van der Waals surface area contributed by atoms with E-state index in [0.717, 1.165) is 30.9 Å². The molecule has 0 amide bonds. The van der Waals surface area contributed by atoms with E-state index < -0.39 is 0 Å². The third-order valence-corrected chi connectivity index (χ3v) is 4.69. The molecule has 1 aromatic heterocycles. The Bertz CT molecular complexity index is 580. The van der Waals surface area contributed by atoms with Gasteiger partial charge in [0, 0.05) is 17.3 Å². The van der Waals surface area contributed by atoms with Gasteiger partial charge in [0.1, 0.15) is 0 Å². The first-order valence-electron chi connectivity index (χ1n) is 6.82. The molecule has 0 saturated carbocycles. The van der Waals surface area contributed by atoms with Gasteiger partial charge in [-0.25, -0.2) is 0 Å². The third kappa shape index (κ3) is 2.53. The molecule has 1 unspecified atom stereocenters. The van der Waals surface area contributed by atoms with Gasteiger partial charge in [-0.3, -0.25) is 0 Å². The molecule has 0 fully saturated rings. The zero-order chi connectivity index (χ0) is 13.9. The lowest BCUT2D eigenvalue weighted by Crippen LogP contribution is -2.31. The number of methoxy groups -OCH3 is 2. The molecule has 106 valence electrons. The summed E-state index contributed by atoms with van der Waals surface area (Å²) in [6.45, 7) is 1.01. The zero-order valence-corrected chi connectivity index (χ0v) is 12.6. The Morgan fingerprint density at radius 1 is 1.25 bits per heavy atom. The van der Waals surface area contributed by atoms with Crippen LogP contribution in [-0.2, 0) is 12.8 Å². The van der Waals surface area contributed by atoms with Gasteiger partial charge in [0.25, 0.3) is 0 Å². The Kier molecular flexibility index (Phi) is 3.94. The highest BCUT2D eigenvalue weighted by atomic mass is 32.1. The van der Waals surface area contributed by atoms with E-state index in [1.165, 1.54) is 16.0 Å². The maximum atomic E-state index is 5.44. The highest BCUT2D eigenvalue weighted by molar-refractivity contribution is 7.09. The zero-order valence-electron chi connectivity index (χ0n) is 11.8. The van der Waals surface area contributed by atoms with E-state index in [1.54, 1.807) is 14.2 Å². The van der Waals surface area contributed by atoms with Crippen LogP contribution < -0.4 is 14.8 Å². The van der Waals surface area contributed by atoms with Crippen LogP contribution in [0, 0.1) is 0 Å². The minimum atomic E-state index is 0.359. The van der Waals surface area contributed by atoms with Gasteiger partial charge in [0.2, 0.25) is 0 Å². The van der Waals surface area contributed by atoms with Crippen LogP contribution in [0.4, 0.5) is 0 Å². The van der Waals surface area contributed by atoms with Crippen LogP contribution >= 0.6 is 11.3 Å². The van der Waals surface area contributed by atoms with E-state index >= 15 is 0 Å². The maximum Gasteiger partial charge on any atom is 0.161 e. The summed E-state index contributed by atoms with van der Waals surface area (Å²) in [5.41, 5.74) is 2.70. The Hall–Kier alpha value is -1.52. The lowest BCUT2D eigenvalue weighted by Gasteiger charge is -2.28. The second-order valence-corrected chi connectivity index (χ2v) is 5.98. The van der Waals surface area contributed by atoms with E-state index in [0.29, 0.717) is 6.04 Å². The van der Waals surface area contributed by atoms with Crippen molar-refractivity contribution in [2.24, 2.45) is 0 Å². The molecule has 2 heterocycles. The number of hydrogen-bond donors (Lipinski definition) is 1. The number of rotatable bonds is 4. The summed E-state index contributed by atoms with van der Waals surface area (Å²) in [6.07, 6.45) is 2.07. The van der Waals surface area contributed by atoms with Crippen LogP contribution in [0.5, 0.6) is 11.5 Å². The first-order valence-corrected chi connectivity index (χ1v) is 7.70. The van der Waals surface area contributed by atoms with Crippen molar-refractivity contribution < 1.29 is 9.47 Å². The molecule has 1 aromatic carbocycles. The molecular weight excluding hydrogens is 270 g/mol. The molecule has 3 rings (SSSR count). The average molecular weight is 289 g/mol. The quantitative estimate of drug-likeness (QED) is 0.937. The van der Waals surface area contributed by atoms with E-state index in [4.69, 9.17) is 9.47 Å². The van der Waals surface area contributed by atoms with Crippen molar-refractivity contribution in [3.8, 4) is 11.5 Å². The fourth-order valence-corrected chi connectivity index (χ4v) is 3.53. The van der Waals surface area contributed by atoms with Gasteiger partial charge in [-0.05, 0) is 47.7 Å². The van der Waals surface area contributed by atoms with Gasteiger partial charge >= 0.3 is 0 Å². The molecule has 3 nitrogen and oxygen atoms in total. The lowest BCUT2D eigenvalue weighted by molar-refractivity contribution is 0.352. The summed E-state index contributed by atoms with van der Waals surface area (Å²) in [5, 5.41) is 5.75. The van der Waals surface area contributed by atoms with E-state index in [-0.39, 0.29) is 0 Å². The van der Waals surface area contributed by atoms with Crippen molar-refractivity contribution in [3.63, 3.8) is 0 Å². The minimum absolute atomic E-state index is 0.359. The monoisotopic (exact) mass is 289 g/mol. The highest BCUT2D eigenvalue weighted by Crippen LogP contribution is 2.36. The number of thiophene rings is 1. The normalized spacial score (nSPS) is 17.6. The molecule has 1 aliphatic rings. The fourth-order valence-electron chi connectivity index (χ4n) is 2.78. The molecule has 0 aliphatic carbocycles. The summed E-state index contributed by atoms with van der Waals surface area (Å²) < 4.78 is 10.8. The topological polar surface area (TPSA) is 30.5 Å². The molecule has 4 heteroatoms. The second-order valence-electron chi connectivity index (χ2n) is 4.95. The summed E-state index contributed by atoms with van der Waals surface area (Å²) in [6, 6.07) is 8.91. The molecular formula is C16H19NO2S. The average Bonchev–Trinajstić information content (AvgIpc) is 2.99. The highest BCUT2D eigenvalue weighted by Gasteiger charge is 2.22. The Morgan fingerprint density at radius 3 is 2.75 bits per heavy atom. The Morgan fingerprint density at radius 2 is 2.05 bits per heavy atom. The van der Waals surface area contributed by atoms with Crippen molar-refractivity contribution in [3.05, 3.63) is 45.6 Å². The van der Waals surface area contributed by atoms with Crippen LogP contribution in [0.2, 0.25) is 0 Å². The van der Waals surface area contributed by atoms with Crippen LogP contribution in [0.15, 0.2) is 29.6 Å². The number of fused-ring (bicyclic) bond motifs is 1. The van der Waals surface area contributed by atoms with E-state index in [9.17, 15) is 0 Å². The van der Waals surface area contributed by atoms with Gasteiger partial charge in [0.05, 0.1) is 14.2 Å². The molecule has 1 atom stereocenters. The molecule has 0 saturated heterocycles. The van der Waals surface area contributed by atoms with Crippen molar-refractivity contribution in [2.75, 3.05) is 20.8 Å². The SMILES string of the molecule is COc1cc2c(cc1OC)C(Cc1cccs1)NCC2. The summed E-state index contributed by atoms with van der Waals surface area (Å²) >= 11 is 1.81. The van der Waals surface area contributed by atoms with E-state index in [1.807, 2.05) is 11.3 Å². The fraction of sp³-hybridized carbons (Fsp3) is 0.375. The molecule has 2 aromatic rings. The van der Waals surface area contributed by atoms with Gasteiger partial charge in [-0.1, -0.05) is 6.07 Å². The van der Waals surface area contributed by atoms with Gasteiger partial charge in [-0.2, -0.15) is 0 Å². The van der Waals surface area contributed by atoms with Crippen molar-refractivity contribution in [1.29, 1.82) is 0 Å². The Labute approximate surface area is 123 Å². The predicted molar refractivity (Wildman–Crippen MR) is 82.0 cm³/mol. The van der Waals surface area contributed by atoms with Gasteiger partial charge in [-0.15, -0.1) is 11.3 Å². The number of ether oxygens (including phenoxy) is 2. The molecule has 20 heavy (non-hydrogen) atoms. The summed E-state index contributed by atoms with van der Waals surface area (Å²) in [4.78, 5) is 1.41. The van der Waals surface area contributed by atoms with Gasteiger partial charge in [0.15, 0.2) is 11.5 Å². The van der Waals surface area contributed by atoms with Crippen LogP contribution in [0.3, 0.4) is 0 Å². The van der Waals surface area contributed by atoms with Crippen molar-refractivity contribution in [2.45, 2.75) is 18.9 Å². The molecule has 0 radical (unpaired) electrons. The number of benzene rings is 1. The number of nitrogens with one attached hydrogen (secondary N) is 1. The third-order valence-electron chi connectivity index (χ3n) is 3.79. The second kappa shape index (κ2) is 5.85. The maximum absolute atomic E-state index is 5.44. The lowest BCUT2D eigenvalue weighted by atomic mass is 9.91. The molecule has 1 N–H and O–H groups in total. The minimum Gasteiger partial charge on any atom is -0.493 e. The predicted octanol–water partition coefficient (Wildman–Crippen LogP) is 3.19. The first-order chi connectivity index (χ1) is 9.81. The summed E-state index contributed by atoms with van der Waals surface area (Å²) in [5.74, 6) is 1.63. The van der Waals surface area contributed by atoms with Crippen molar-refractivity contribution in [1.82, 2.24) is 5.32 Å². The first kappa shape index (κ1) is 13.5. The molecule has 0 spiro atoms. The molecule has 1 aliphatic heterocycles. The summed E-state index contributed by atoms with van der Waals surface area (Å²) in [7, 11) is 3.38. The Balaban J connectivity index is 1.94. The van der Waals surface area contributed by atoms with Crippen LogP contribution in [0.1, 0.15) is 22.0 Å². The van der Waals surface area contributed by atoms with Crippen molar-refractivity contribution >= 4 is 11.3 Å². The number of hydrogen-bond acceptors (Lipinski definition) is 4. The molecule has 0 bridgehead atoms. The van der Waals surface area contributed by atoms with E-state index in [2.05, 4.69) is 35.0 Å².